The number of benzene rings is 2. The van der Waals surface area contributed by atoms with E-state index >= 15 is 0 Å². The van der Waals surface area contributed by atoms with Crippen molar-refractivity contribution in [2.75, 3.05) is 5.75 Å². The highest BCUT2D eigenvalue weighted by Crippen LogP contribution is 2.41. The van der Waals surface area contributed by atoms with Crippen LogP contribution in [0.15, 0.2) is 47.4 Å². The smallest absolute Gasteiger partial charge is 0.258 e. The van der Waals surface area contributed by atoms with Gasteiger partial charge in [-0.3, -0.25) is 4.79 Å². The maximum atomic E-state index is 12.6. The Morgan fingerprint density at radius 2 is 1.83 bits per heavy atom. The Morgan fingerprint density at radius 3 is 2.53 bits per heavy atom. The van der Waals surface area contributed by atoms with Crippen LogP contribution in [0.5, 0.6) is 5.75 Å². The second-order valence-corrected chi connectivity index (χ2v) is 10.4. The van der Waals surface area contributed by atoms with E-state index in [0.29, 0.717) is 5.39 Å². The summed E-state index contributed by atoms with van der Waals surface area (Å²) in [5.74, 6) is 0.927. The third kappa shape index (κ3) is 3.76. The molecular weight excluding hydrogens is 398 g/mol. The Morgan fingerprint density at radius 1 is 1.10 bits per heavy atom. The summed E-state index contributed by atoms with van der Waals surface area (Å²) in [6.07, 6.45) is 4.65. The fraction of sp³-hybridized carbons (Fsp3) is 0.375. The van der Waals surface area contributed by atoms with Crippen LogP contribution in [0, 0.1) is 0 Å². The molecule has 1 aliphatic rings. The van der Waals surface area contributed by atoms with E-state index in [1.807, 2.05) is 42.6 Å². The minimum atomic E-state index is -3.17. The van der Waals surface area contributed by atoms with Crippen LogP contribution in [-0.4, -0.2) is 24.8 Å². The zero-order valence-corrected chi connectivity index (χ0v) is 18.5. The molecule has 6 heteroatoms. The van der Waals surface area contributed by atoms with Crippen molar-refractivity contribution in [2.24, 2.45) is 7.05 Å². The third-order valence-electron chi connectivity index (χ3n) is 5.91. The Hall–Kier alpha value is -2.60. The van der Waals surface area contributed by atoms with Crippen molar-refractivity contribution in [3.05, 3.63) is 64.1 Å². The van der Waals surface area contributed by atoms with Gasteiger partial charge in [0.1, 0.15) is 5.75 Å². The SMILES string of the molecule is CCC1CCc2cc(CS(=O)(=O)CC)cc(-c3cn(C)c(=O)c4ccccc34)c2O1. The topological polar surface area (TPSA) is 65.4 Å². The number of rotatable bonds is 5. The van der Waals surface area contributed by atoms with E-state index in [0.717, 1.165) is 52.7 Å². The molecule has 30 heavy (non-hydrogen) atoms. The van der Waals surface area contributed by atoms with Gasteiger partial charge >= 0.3 is 0 Å². The van der Waals surface area contributed by atoms with Gasteiger partial charge in [-0.05, 0) is 47.9 Å². The van der Waals surface area contributed by atoms with Crippen molar-refractivity contribution < 1.29 is 13.2 Å². The van der Waals surface area contributed by atoms with Crippen LogP contribution in [-0.2, 0) is 29.1 Å². The van der Waals surface area contributed by atoms with Gasteiger partial charge in [0, 0.05) is 35.5 Å². The predicted molar refractivity (Wildman–Crippen MR) is 121 cm³/mol. The van der Waals surface area contributed by atoms with Crippen LogP contribution in [0.25, 0.3) is 21.9 Å². The molecule has 2 heterocycles. The van der Waals surface area contributed by atoms with Gasteiger partial charge in [-0.25, -0.2) is 8.42 Å². The van der Waals surface area contributed by atoms with Crippen LogP contribution in [0.2, 0.25) is 0 Å². The Balaban J connectivity index is 2.00. The molecule has 0 spiro atoms. The first kappa shape index (κ1) is 20.7. The first-order valence-electron chi connectivity index (χ1n) is 10.4. The van der Waals surface area contributed by atoms with Crippen LogP contribution in [0.1, 0.15) is 37.8 Å². The van der Waals surface area contributed by atoms with Gasteiger partial charge in [-0.2, -0.15) is 0 Å². The van der Waals surface area contributed by atoms with Gasteiger partial charge in [-0.1, -0.05) is 38.1 Å². The third-order valence-corrected chi connectivity index (χ3v) is 7.56. The average Bonchev–Trinajstić information content (AvgIpc) is 2.75. The largest absolute Gasteiger partial charge is 0.489 e. The van der Waals surface area contributed by atoms with Gasteiger partial charge in [0.2, 0.25) is 0 Å². The number of aryl methyl sites for hydroxylation is 2. The van der Waals surface area contributed by atoms with Crippen molar-refractivity contribution in [1.29, 1.82) is 0 Å². The summed E-state index contributed by atoms with van der Waals surface area (Å²) in [5.41, 5.74) is 3.49. The molecule has 0 bridgehead atoms. The lowest BCUT2D eigenvalue weighted by atomic mass is 9.91. The van der Waals surface area contributed by atoms with Gasteiger partial charge < -0.3 is 9.30 Å². The predicted octanol–water partition coefficient (Wildman–Crippen LogP) is 4.24. The minimum Gasteiger partial charge on any atom is -0.489 e. The van der Waals surface area contributed by atoms with Crippen molar-refractivity contribution >= 4 is 20.6 Å². The number of sulfone groups is 1. The molecule has 0 saturated carbocycles. The highest BCUT2D eigenvalue weighted by atomic mass is 32.2. The van der Waals surface area contributed by atoms with Crippen LogP contribution in [0.4, 0.5) is 0 Å². The number of pyridine rings is 1. The summed E-state index contributed by atoms with van der Waals surface area (Å²) in [4.78, 5) is 12.6. The van der Waals surface area contributed by atoms with Gasteiger partial charge in [-0.15, -0.1) is 0 Å². The first-order chi connectivity index (χ1) is 14.3. The summed E-state index contributed by atoms with van der Waals surface area (Å²) < 4.78 is 32.6. The molecule has 0 aliphatic carbocycles. The molecule has 0 radical (unpaired) electrons. The highest BCUT2D eigenvalue weighted by molar-refractivity contribution is 7.90. The fourth-order valence-corrected chi connectivity index (χ4v) is 5.06. The Labute approximate surface area is 177 Å². The summed E-state index contributed by atoms with van der Waals surface area (Å²) >= 11 is 0. The van der Waals surface area contributed by atoms with E-state index in [1.54, 1.807) is 18.5 Å². The van der Waals surface area contributed by atoms with Gasteiger partial charge in [0.15, 0.2) is 9.84 Å². The summed E-state index contributed by atoms with van der Waals surface area (Å²) in [7, 11) is -1.42. The summed E-state index contributed by atoms with van der Waals surface area (Å²) in [6.45, 7) is 3.78. The van der Waals surface area contributed by atoms with E-state index in [4.69, 9.17) is 4.74 Å². The number of ether oxygens (including phenoxy) is 1. The minimum absolute atomic E-state index is 0.00465. The second-order valence-electron chi connectivity index (χ2n) is 8.00. The van der Waals surface area contributed by atoms with Crippen LogP contribution in [0.3, 0.4) is 0 Å². The van der Waals surface area contributed by atoms with Crippen molar-refractivity contribution in [3.8, 4) is 16.9 Å². The standard InChI is InChI=1S/C24H27NO4S/c1-4-18-11-10-17-12-16(15-30(27,28)5-2)13-21(23(17)29-18)22-14-25(3)24(26)20-9-7-6-8-19(20)22/h6-9,12-14,18H,4-5,10-11,15H2,1-3H3. The molecule has 5 nitrogen and oxygen atoms in total. The molecule has 1 aromatic heterocycles. The zero-order chi connectivity index (χ0) is 21.5. The lowest BCUT2D eigenvalue weighted by Crippen LogP contribution is -2.23. The fourth-order valence-electron chi connectivity index (χ4n) is 4.18. The molecule has 0 amide bonds. The van der Waals surface area contributed by atoms with Crippen LogP contribution < -0.4 is 10.3 Å². The first-order valence-corrected chi connectivity index (χ1v) is 12.3. The molecule has 0 N–H and O–H groups in total. The normalized spacial score (nSPS) is 16.3. The molecule has 0 fully saturated rings. The van der Waals surface area contributed by atoms with E-state index in [9.17, 15) is 13.2 Å². The van der Waals surface area contributed by atoms with Crippen molar-refractivity contribution in [1.82, 2.24) is 4.57 Å². The lowest BCUT2D eigenvalue weighted by Gasteiger charge is -2.28. The monoisotopic (exact) mass is 425 g/mol. The van der Waals surface area contributed by atoms with E-state index in [2.05, 4.69) is 6.92 Å². The molecule has 1 unspecified atom stereocenters. The Kier molecular flexibility index (Phi) is 5.45. The van der Waals surface area contributed by atoms with E-state index in [-0.39, 0.29) is 23.2 Å². The van der Waals surface area contributed by atoms with Crippen LogP contribution >= 0.6 is 0 Å². The molecule has 0 saturated heterocycles. The van der Waals surface area contributed by atoms with E-state index < -0.39 is 9.84 Å². The Bertz CT molecular complexity index is 1270. The molecule has 1 atom stereocenters. The number of hydrogen-bond acceptors (Lipinski definition) is 4. The molecule has 4 rings (SSSR count). The summed E-state index contributed by atoms with van der Waals surface area (Å²) in [5, 5.41) is 1.49. The highest BCUT2D eigenvalue weighted by Gasteiger charge is 2.25. The number of nitrogens with zero attached hydrogens (tertiary/aromatic N) is 1. The van der Waals surface area contributed by atoms with Crippen molar-refractivity contribution in [2.45, 2.75) is 45.0 Å². The molecule has 2 aromatic carbocycles. The second kappa shape index (κ2) is 7.91. The number of fused-ring (bicyclic) bond motifs is 2. The lowest BCUT2D eigenvalue weighted by molar-refractivity contribution is 0.170. The maximum absolute atomic E-state index is 12.6. The number of aromatic nitrogens is 1. The van der Waals surface area contributed by atoms with E-state index in [1.165, 1.54) is 0 Å². The summed E-state index contributed by atoms with van der Waals surface area (Å²) in [6, 6.07) is 11.4. The molecular formula is C24H27NO4S. The number of hydrogen-bond donors (Lipinski definition) is 0. The van der Waals surface area contributed by atoms with Gasteiger partial charge in [0.05, 0.1) is 11.9 Å². The van der Waals surface area contributed by atoms with Crippen molar-refractivity contribution in [3.63, 3.8) is 0 Å². The average molecular weight is 426 g/mol. The zero-order valence-electron chi connectivity index (χ0n) is 17.6. The van der Waals surface area contributed by atoms with Gasteiger partial charge in [0.25, 0.3) is 5.56 Å². The molecule has 158 valence electrons. The quantitative estimate of drug-likeness (QED) is 0.613. The maximum Gasteiger partial charge on any atom is 0.258 e. The molecule has 1 aliphatic heterocycles. The molecule has 3 aromatic rings.